The van der Waals surface area contributed by atoms with Crippen LogP contribution in [0.4, 0.5) is 13.2 Å². The summed E-state index contributed by atoms with van der Waals surface area (Å²) in [6, 6.07) is 15.0. The van der Waals surface area contributed by atoms with Gasteiger partial charge in [0.2, 0.25) is 0 Å². The molecule has 2 N–H and O–H groups in total. The second-order valence-electron chi connectivity index (χ2n) is 12.0. The SMILES string of the molecule is Cc1cc(Cl)c(OCCOc2ccc(C34CC=C(C(=O)N(Cc5cccc(C(F)(F)F)c5Cl)C5CC5)C(CNC3)N4)cc2)c(Cl)c1. The van der Waals surface area contributed by atoms with Crippen molar-refractivity contribution < 1.29 is 27.4 Å². The van der Waals surface area contributed by atoms with E-state index in [1.54, 1.807) is 23.1 Å². The summed E-state index contributed by atoms with van der Waals surface area (Å²) in [5, 5.41) is 7.71. The van der Waals surface area contributed by atoms with Crippen molar-refractivity contribution in [2.24, 2.45) is 0 Å². The lowest BCUT2D eigenvalue weighted by Gasteiger charge is -2.47. The van der Waals surface area contributed by atoms with Crippen molar-refractivity contribution in [2.45, 2.75) is 56.5 Å². The molecule has 46 heavy (non-hydrogen) atoms. The maximum Gasteiger partial charge on any atom is 0.417 e. The Labute approximate surface area is 280 Å². The highest BCUT2D eigenvalue weighted by molar-refractivity contribution is 6.37. The van der Waals surface area contributed by atoms with Crippen molar-refractivity contribution in [3.05, 3.63) is 104 Å². The molecule has 12 heteroatoms. The van der Waals surface area contributed by atoms with Crippen molar-refractivity contribution >= 4 is 40.7 Å². The second-order valence-corrected chi connectivity index (χ2v) is 13.2. The number of alkyl halides is 3. The molecule has 2 aliphatic heterocycles. The first-order valence-electron chi connectivity index (χ1n) is 15.1. The van der Waals surface area contributed by atoms with Crippen molar-refractivity contribution in [2.75, 3.05) is 26.3 Å². The normalized spacial score (nSPS) is 21.0. The van der Waals surface area contributed by atoms with Crippen LogP contribution in [0.2, 0.25) is 15.1 Å². The van der Waals surface area contributed by atoms with Gasteiger partial charge in [-0.1, -0.05) is 65.1 Å². The number of ether oxygens (including phenoxy) is 2. The van der Waals surface area contributed by atoms with Gasteiger partial charge in [-0.3, -0.25) is 10.1 Å². The maximum absolute atomic E-state index is 13.9. The van der Waals surface area contributed by atoms with E-state index in [0.717, 1.165) is 30.0 Å². The van der Waals surface area contributed by atoms with Gasteiger partial charge in [0.25, 0.3) is 5.91 Å². The molecule has 3 aliphatic rings. The van der Waals surface area contributed by atoms with E-state index in [9.17, 15) is 18.0 Å². The molecule has 2 bridgehead atoms. The molecule has 1 amide bonds. The summed E-state index contributed by atoms with van der Waals surface area (Å²) < 4.78 is 52.1. The summed E-state index contributed by atoms with van der Waals surface area (Å²) >= 11 is 18.7. The van der Waals surface area contributed by atoms with Crippen molar-refractivity contribution in [1.29, 1.82) is 0 Å². The molecule has 0 radical (unpaired) electrons. The number of rotatable bonds is 10. The predicted molar refractivity (Wildman–Crippen MR) is 173 cm³/mol. The number of amides is 1. The van der Waals surface area contributed by atoms with Gasteiger partial charge in [0.15, 0.2) is 5.75 Å². The average molecular weight is 695 g/mol. The van der Waals surface area contributed by atoms with Gasteiger partial charge in [-0.15, -0.1) is 0 Å². The highest BCUT2D eigenvalue weighted by atomic mass is 35.5. The predicted octanol–water partition coefficient (Wildman–Crippen LogP) is 7.71. The quantitative estimate of drug-likeness (QED) is 0.213. The Hall–Kier alpha value is -2.95. The summed E-state index contributed by atoms with van der Waals surface area (Å²) in [6.07, 6.45) is -0.407. The Kier molecular flexibility index (Phi) is 9.52. The van der Waals surface area contributed by atoms with Crippen molar-refractivity contribution in [3.63, 3.8) is 0 Å². The number of nitrogens with zero attached hydrogens (tertiary/aromatic N) is 1. The van der Waals surface area contributed by atoms with Crippen LogP contribution in [-0.4, -0.2) is 49.2 Å². The number of nitrogens with one attached hydrogen (secondary N) is 2. The molecule has 3 aromatic carbocycles. The van der Waals surface area contributed by atoms with Crippen LogP contribution in [-0.2, 0) is 23.1 Å². The topological polar surface area (TPSA) is 62.8 Å². The van der Waals surface area contributed by atoms with E-state index in [2.05, 4.69) is 10.6 Å². The Balaban J connectivity index is 1.11. The minimum atomic E-state index is -4.57. The van der Waals surface area contributed by atoms with Gasteiger partial charge in [0.1, 0.15) is 19.0 Å². The highest BCUT2D eigenvalue weighted by Crippen LogP contribution is 2.40. The third kappa shape index (κ3) is 6.99. The van der Waals surface area contributed by atoms with E-state index in [4.69, 9.17) is 44.3 Å². The molecule has 1 saturated carbocycles. The standard InChI is InChI=1S/C34H33Cl3F3N3O3/c1-20-15-27(35)31(28(36)16-20)46-14-13-45-24-9-5-22(6-10-24)33-12-11-25(29(42-33)17-41-19-33)32(44)43(23-7-8-23)18-21-3-2-4-26(30(21)37)34(38,39)40/h2-6,9-11,15-16,23,29,41-42H,7-8,12-14,17-19H2,1H3. The largest absolute Gasteiger partial charge is 0.490 e. The Morgan fingerprint density at radius 3 is 2.39 bits per heavy atom. The van der Waals surface area contributed by atoms with Crippen molar-refractivity contribution in [1.82, 2.24) is 15.5 Å². The number of halogens is 6. The van der Waals surface area contributed by atoms with Gasteiger partial charge < -0.3 is 19.7 Å². The van der Waals surface area contributed by atoms with Gasteiger partial charge in [-0.25, -0.2) is 0 Å². The summed E-state index contributed by atoms with van der Waals surface area (Å²) in [6.45, 7) is 3.71. The second kappa shape index (κ2) is 13.3. The molecular weight excluding hydrogens is 662 g/mol. The monoisotopic (exact) mass is 693 g/mol. The van der Waals surface area contributed by atoms with E-state index in [1.165, 1.54) is 6.07 Å². The number of hydrogen-bond acceptors (Lipinski definition) is 5. The fraction of sp³-hybridized carbons (Fsp3) is 0.382. The smallest absolute Gasteiger partial charge is 0.417 e. The first-order valence-corrected chi connectivity index (χ1v) is 16.2. The lowest BCUT2D eigenvalue weighted by atomic mass is 9.78. The Morgan fingerprint density at radius 2 is 1.72 bits per heavy atom. The van der Waals surface area contributed by atoms with Crippen LogP contribution >= 0.6 is 34.8 Å². The third-order valence-electron chi connectivity index (χ3n) is 8.64. The fourth-order valence-corrected chi connectivity index (χ4v) is 7.17. The maximum atomic E-state index is 13.9. The van der Waals surface area contributed by atoms with E-state index >= 15 is 0 Å². The van der Waals surface area contributed by atoms with Crippen LogP contribution in [0.15, 0.2) is 66.2 Å². The lowest BCUT2D eigenvalue weighted by Crippen LogP contribution is -2.65. The third-order valence-corrected chi connectivity index (χ3v) is 9.65. The molecule has 1 saturated heterocycles. The van der Waals surface area contributed by atoms with Crippen LogP contribution in [0.5, 0.6) is 11.5 Å². The number of fused-ring (bicyclic) bond motifs is 2. The Bertz CT molecular complexity index is 1620. The fourth-order valence-electron chi connectivity index (χ4n) is 6.17. The van der Waals surface area contributed by atoms with E-state index in [0.29, 0.717) is 53.2 Å². The number of piperazine rings is 1. The zero-order chi connectivity index (χ0) is 32.6. The van der Waals surface area contributed by atoms with Gasteiger partial charge in [-0.05, 0) is 73.2 Å². The Morgan fingerprint density at radius 1 is 1.02 bits per heavy atom. The molecule has 2 unspecified atom stereocenters. The first kappa shape index (κ1) is 33.0. The van der Waals surface area contributed by atoms with Crippen molar-refractivity contribution in [3.8, 4) is 11.5 Å². The molecule has 2 atom stereocenters. The van der Waals surface area contributed by atoms with Crippen LogP contribution in [0.25, 0.3) is 0 Å². The van der Waals surface area contributed by atoms with Gasteiger partial charge in [0, 0.05) is 31.2 Å². The molecule has 244 valence electrons. The number of hydrogen-bond donors (Lipinski definition) is 2. The molecule has 1 aliphatic carbocycles. The van der Waals surface area contributed by atoms with E-state index in [1.807, 2.05) is 37.3 Å². The van der Waals surface area contributed by atoms with E-state index < -0.39 is 17.3 Å². The molecule has 6 rings (SSSR count). The average Bonchev–Trinajstić information content (AvgIpc) is 3.85. The van der Waals surface area contributed by atoms with Crippen LogP contribution in [0.1, 0.15) is 41.5 Å². The lowest BCUT2D eigenvalue weighted by molar-refractivity contribution is -0.137. The van der Waals surface area contributed by atoms with Gasteiger partial charge in [0.05, 0.1) is 32.2 Å². The number of aryl methyl sites for hydroxylation is 1. The molecule has 3 aromatic rings. The number of carbonyl (C=O) groups is 1. The molecule has 0 aromatic heterocycles. The summed E-state index contributed by atoms with van der Waals surface area (Å²) in [5.41, 5.74) is 1.58. The minimum Gasteiger partial charge on any atom is -0.490 e. The van der Waals surface area contributed by atoms with E-state index in [-0.39, 0.29) is 41.7 Å². The molecule has 0 spiro atoms. The number of carbonyl (C=O) groups excluding carboxylic acids is 1. The van der Waals surface area contributed by atoms with Gasteiger partial charge in [-0.2, -0.15) is 13.2 Å². The molecule has 2 fully saturated rings. The zero-order valence-corrected chi connectivity index (χ0v) is 27.3. The van der Waals surface area contributed by atoms with Crippen LogP contribution in [0, 0.1) is 6.92 Å². The number of benzene rings is 3. The van der Waals surface area contributed by atoms with Gasteiger partial charge >= 0.3 is 6.18 Å². The summed E-state index contributed by atoms with van der Waals surface area (Å²) in [4.78, 5) is 15.6. The highest BCUT2D eigenvalue weighted by Gasteiger charge is 2.45. The molecule has 2 heterocycles. The summed E-state index contributed by atoms with van der Waals surface area (Å²) in [5.74, 6) is 0.936. The first-order chi connectivity index (χ1) is 21.9. The van der Waals surface area contributed by atoms with Crippen LogP contribution in [0.3, 0.4) is 0 Å². The van der Waals surface area contributed by atoms with Crippen LogP contribution < -0.4 is 20.1 Å². The summed E-state index contributed by atoms with van der Waals surface area (Å²) in [7, 11) is 0. The minimum absolute atomic E-state index is 0.0203. The molecule has 6 nitrogen and oxygen atoms in total. The zero-order valence-electron chi connectivity index (χ0n) is 25.0. The molecular formula is C34H33Cl3F3N3O3.